The highest BCUT2D eigenvalue weighted by molar-refractivity contribution is 6.22. The molecule has 3 heteroatoms. The van der Waals surface area contributed by atoms with Crippen LogP contribution >= 0.6 is 11.6 Å². The number of ether oxygens (including phenoxy) is 1. The lowest BCUT2D eigenvalue weighted by Crippen LogP contribution is -2.24. The average molecular weight is 177 g/mol. The number of alkyl halides is 1. The Hall–Kier alpha value is -0.500. The maximum Gasteiger partial charge on any atom is 0.335 e. The Morgan fingerprint density at radius 2 is 2.00 bits per heavy atom. The molecule has 0 unspecified atom stereocenters. The molecule has 64 valence electrons. The minimum atomic E-state index is -0.466. The molecule has 0 aliphatic heterocycles. The first-order valence-corrected chi connectivity index (χ1v) is 3.87. The van der Waals surface area contributed by atoms with Crippen LogP contribution in [0.4, 0.5) is 0 Å². The third-order valence-electron chi connectivity index (χ3n) is 0.849. The van der Waals surface area contributed by atoms with Crippen LogP contribution in [-0.2, 0) is 9.53 Å². The molecule has 0 aliphatic carbocycles. The van der Waals surface area contributed by atoms with Crippen molar-refractivity contribution in [1.29, 1.82) is 0 Å². The number of carbonyl (C=O) groups excluding carboxylic acids is 1. The normalized spacial score (nSPS) is 10.9. The summed E-state index contributed by atoms with van der Waals surface area (Å²) in [6, 6.07) is 0. The summed E-state index contributed by atoms with van der Waals surface area (Å²) in [4.78, 5) is 11.0. The van der Waals surface area contributed by atoms with Gasteiger partial charge in [0.15, 0.2) is 0 Å². The molecule has 0 heterocycles. The van der Waals surface area contributed by atoms with Crippen molar-refractivity contribution in [3.8, 4) is 0 Å². The van der Waals surface area contributed by atoms with Gasteiger partial charge in [0, 0.05) is 5.57 Å². The second-order valence-corrected chi connectivity index (χ2v) is 3.51. The van der Waals surface area contributed by atoms with Crippen molar-refractivity contribution in [2.24, 2.45) is 0 Å². The van der Waals surface area contributed by atoms with E-state index >= 15 is 0 Å². The first-order valence-electron chi connectivity index (χ1n) is 3.34. The van der Waals surface area contributed by atoms with Crippen LogP contribution < -0.4 is 0 Å². The van der Waals surface area contributed by atoms with Gasteiger partial charge in [-0.3, -0.25) is 0 Å². The summed E-state index contributed by atoms with van der Waals surface area (Å²) < 4.78 is 4.97. The van der Waals surface area contributed by atoms with E-state index in [1.54, 1.807) is 20.8 Å². The Bertz CT molecular complexity index is 167. The fourth-order valence-corrected chi connectivity index (χ4v) is 0.514. The van der Waals surface area contributed by atoms with Crippen LogP contribution in [0.1, 0.15) is 20.8 Å². The molecule has 2 nitrogen and oxygen atoms in total. The summed E-state index contributed by atoms with van der Waals surface area (Å²) in [7, 11) is 0. The molecule has 0 aromatic rings. The molecule has 0 aromatic heterocycles. The minimum Gasteiger partial charge on any atom is -0.457 e. The number of hydrogen-bond donors (Lipinski definition) is 0. The molecule has 0 N–H and O–H groups in total. The van der Waals surface area contributed by atoms with Crippen LogP contribution in [0.25, 0.3) is 0 Å². The molecule has 0 fully saturated rings. The lowest BCUT2D eigenvalue weighted by Gasteiger charge is -2.19. The van der Waals surface area contributed by atoms with E-state index in [0.29, 0.717) is 5.57 Å². The third kappa shape index (κ3) is 4.85. The molecular weight excluding hydrogens is 164 g/mol. The number of halogens is 1. The average Bonchev–Trinajstić information content (AvgIpc) is 1.82. The second kappa shape index (κ2) is 3.77. The van der Waals surface area contributed by atoms with Crippen molar-refractivity contribution in [3.05, 3.63) is 12.2 Å². The SMILES string of the molecule is C=C(CCl)C(=O)OC(C)(C)C. The van der Waals surface area contributed by atoms with Crippen molar-refractivity contribution >= 4 is 17.6 Å². The van der Waals surface area contributed by atoms with Crippen LogP contribution in [0, 0.1) is 0 Å². The molecule has 0 bridgehead atoms. The Morgan fingerprint density at radius 3 is 2.27 bits per heavy atom. The van der Waals surface area contributed by atoms with E-state index in [2.05, 4.69) is 6.58 Å². The Labute approximate surface area is 72.2 Å². The van der Waals surface area contributed by atoms with Crippen LogP contribution in [-0.4, -0.2) is 17.5 Å². The van der Waals surface area contributed by atoms with Crippen LogP contribution in [0.3, 0.4) is 0 Å². The first-order chi connectivity index (χ1) is 4.87. The first kappa shape index (κ1) is 10.5. The molecule has 0 aromatic carbocycles. The van der Waals surface area contributed by atoms with Gasteiger partial charge in [-0.2, -0.15) is 0 Å². The van der Waals surface area contributed by atoms with Crippen LogP contribution in [0.5, 0.6) is 0 Å². The zero-order valence-corrected chi connectivity index (χ0v) is 7.86. The summed E-state index contributed by atoms with van der Waals surface area (Å²) in [5.74, 6) is -0.304. The molecule has 0 spiro atoms. The standard InChI is InChI=1S/C8H13ClO2/c1-6(5-9)7(10)11-8(2,3)4/h1,5H2,2-4H3. The molecular formula is C8H13ClO2. The van der Waals surface area contributed by atoms with E-state index in [4.69, 9.17) is 16.3 Å². The molecule has 0 rings (SSSR count). The summed E-state index contributed by atoms with van der Waals surface area (Å²) >= 11 is 5.38. The fraction of sp³-hybridized carbons (Fsp3) is 0.625. The third-order valence-corrected chi connectivity index (χ3v) is 1.17. The van der Waals surface area contributed by atoms with Gasteiger partial charge in [-0.25, -0.2) is 4.79 Å². The van der Waals surface area contributed by atoms with E-state index in [1.165, 1.54) is 0 Å². The molecule has 11 heavy (non-hydrogen) atoms. The minimum absolute atomic E-state index is 0.120. The van der Waals surface area contributed by atoms with Crippen molar-refractivity contribution in [3.63, 3.8) is 0 Å². The highest BCUT2D eigenvalue weighted by Gasteiger charge is 2.17. The van der Waals surface area contributed by atoms with E-state index in [1.807, 2.05) is 0 Å². The lowest BCUT2D eigenvalue weighted by molar-refractivity contribution is -0.149. The van der Waals surface area contributed by atoms with Crippen molar-refractivity contribution in [2.75, 3.05) is 5.88 Å². The van der Waals surface area contributed by atoms with E-state index < -0.39 is 11.6 Å². The fourth-order valence-electron chi connectivity index (χ4n) is 0.405. The van der Waals surface area contributed by atoms with Crippen LogP contribution in [0.15, 0.2) is 12.2 Å². The topological polar surface area (TPSA) is 26.3 Å². The maximum absolute atomic E-state index is 11.0. The Balaban J connectivity index is 3.99. The summed E-state index contributed by atoms with van der Waals surface area (Å²) in [5, 5.41) is 0. The van der Waals surface area contributed by atoms with Crippen molar-refractivity contribution < 1.29 is 9.53 Å². The summed E-state index contributed by atoms with van der Waals surface area (Å²) in [6.07, 6.45) is 0. The van der Waals surface area contributed by atoms with Gasteiger partial charge in [-0.05, 0) is 20.8 Å². The Morgan fingerprint density at radius 1 is 1.55 bits per heavy atom. The maximum atomic E-state index is 11.0. The van der Waals surface area contributed by atoms with Crippen LogP contribution in [0.2, 0.25) is 0 Å². The Kier molecular flexibility index (Phi) is 3.59. The largest absolute Gasteiger partial charge is 0.457 e. The van der Waals surface area contributed by atoms with Gasteiger partial charge < -0.3 is 4.74 Å². The quantitative estimate of drug-likeness (QED) is 0.366. The van der Waals surface area contributed by atoms with E-state index in [-0.39, 0.29) is 5.88 Å². The zero-order chi connectivity index (χ0) is 9.07. The highest BCUT2D eigenvalue weighted by atomic mass is 35.5. The van der Waals surface area contributed by atoms with Gasteiger partial charge >= 0.3 is 5.97 Å². The van der Waals surface area contributed by atoms with Gasteiger partial charge in [0.05, 0.1) is 5.88 Å². The number of rotatable bonds is 2. The van der Waals surface area contributed by atoms with E-state index in [9.17, 15) is 4.79 Å². The van der Waals surface area contributed by atoms with E-state index in [0.717, 1.165) is 0 Å². The molecule has 0 saturated carbocycles. The smallest absolute Gasteiger partial charge is 0.335 e. The number of hydrogen-bond acceptors (Lipinski definition) is 2. The number of esters is 1. The van der Waals surface area contributed by atoms with Gasteiger partial charge in [0.2, 0.25) is 0 Å². The van der Waals surface area contributed by atoms with Crippen molar-refractivity contribution in [2.45, 2.75) is 26.4 Å². The van der Waals surface area contributed by atoms with Gasteiger partial charge in [-0.15, -0.1) is 11.6 Å². The monoisotopic (exact) mass is 176 g/mol. The zero-order valence-electron chi connectivity index (χ0n) is 7.11. The summed E-state index contributed by atoms with van der Waals surface area (Å²) in [5.41, 5.74) is -0.173. The second-order valence-electron chi connectivity index (χ2n) is 3.24. The predicted octanol–water partition coefficient (Wildman–Crippen LogP) is 2.12. The summed E-state index contributed by atoms with van der Waals surface area (Å²) in [6.45, 7) is 8.84. The van der Waals surface area contributed by atoms with Gasteiger partial charge in [0.25, 0.3) is 0 Å². The predicted molar refractivity (Wildman–Crippen MR) is 45.7 cm³/mol. The number of carbonyl (C=O) groups is 1. The molecule has 0 saturated heterocycles. The van der Waals surface area contributed by atoms with Crippen molar-refractivity contribution in [1.82, 2.24) is 0 Å². The highest BCUT2D eigenvalue weighted by Crippen LogP contribution is 2.10. The van der Waals surface area contributed by atoms with Gasteiger partial charge in [0.1, 0.15) is 5.60 Å². The van der Waals surface area contributed by atoms with Gasteiger partial charge in [-0.1, -0.05) is 6.58 Å². The molecule has 0 amide bonds. The lowest BCUT2D eigenvalue weighted by atomic mass is 10.2. The molecule has 0 aliphatic rings. The molecule has 0 radical (unpaired) electrons. The molecule has 0 atom stereocenters.